The Morgan fingerprint density at radius 3 is 2.22 bits per heavy atom. The number of likely N-dealkylation sites (N-methyl/N-ethyl adjacent to an activating group) is 1. The molecule has 0 saturated heterocycles. The van der Waals surface area contributed by atoms with Crippen molar-refractivity contribution in [1.82, 2.24) is 4.90 Å². The second-order valence-corrected chi connectivity index (χ2v) is 6.97. The number of aliphatic hydroxyl groups excluding tert-OH is 1. The monoisotopic (exact) mass is 371 g/mol. The molecule has 6 nitrogen and oxygen atoms in total. The van der Waals surface area contributed by atoms with Gasteiger partial charge in [0.15, 0.2) is 23.0 Å². The van der Waals surface area contributed by atoms with Crippen LogP contribution in [0.1, 0.15) is 28.8 Å². The summed E-state index contributed by atoms with van der Waals surface area (Å²) in [6.45, 7) is 0.867. The Hall–Kier alpha value is -2.44. The SMILES string of the molecule is COc1cc2c(cc1OC)[C@H](O)[C@H]1c3c(cc(OC)c(OC)c3-2)CCN1C. The van der Waals surface area contributed by atoms with Crippen LogP contribution < -0.4 is 18.9 Å². The molecule has 27 heavy (non-hydrogen) atoms. The molecule has 0 spiro atoms. The van der Waals surface area contributed by atoms with Crippen molar-refractivity contribution in [2.75, 3.05) is 42.0 Å². The standard InChI is InChI=1S/C21H25NO5/c1-22-7-6-11-8-16(26-4)21(27-5)18-12-9-14(24-2)15(25-3)10-13(12)20(23)19(22)17(11)18/h8-10,19-20,23H,6-7H2,1-5H3/t19-,20+/m1/s1. The minimum atomic E-state index is -0.672. The zero-order chi connectivity index (χ0) is 19.3. The molecule has 2 aliphatic rings. The van der Waals surface area contributed by atoms with Gasteiger partial charge in [-0.2, -0.15) is 0 Å². The van der Waals surface area contributed by atoms with E-state index in [1.54, 1.807) is 28.4 Å². The van der Waals surface area contributed by atoms with Crippen LogP contribution >= 0.6 is 0 Å². The minimum absolute atomic E-state index is 0.144. The van der Waals surface area contributed by atoms with Crippen molar-refractivity contribution in [2.45, 2.75) is 18.6 Å². The van der Waals surface area contributed by atoms with Crippen molar-refractivity contribution < 1.29 is 24.1 Å². The number of fused-ring (bicyclic) bond motifs is 2. The first-order valence-electron chi connectivity index (χ1n) is 8.98. The smallest absolute Gasteiger partial charge is 0.168 e. The zero-order valence-electron chi connectivity index (χ0n) is 16.3. The second kappa shape index (κ2) is 6.62. The topological polar surface area (TPSA) is 60.4 Å². The molecule has 1 heterocycles. The number of aliphatic hydroxyl groups is 1. The summed E-state index contributed by atoms with van der Waals surface area (Å²) in [6.07, 6.45) is 0.222. The fraction of sp³-hybridized carbons (Fsp3) is 0.429. The number of nitrogens with zero attached hydrogens (tertiary/aromatic N) is 1. The number of ether oxygens (including phenoxy) is 4. The van der Waals surface area contributed by atoms with Crippen LogP contribution in [0.5, 0.6) is 23.0 Å². The molecule has 2 aromatic rings. The van der Waals surface area contributed by atoms with Gasteiger partial charge in [-0.1, -0.05) is 0 Å². The van der Waals surface area contributed by atoms with Crippen LogP contribution in [0.25, 0.3) is 11.1 Å². The van der Waals surface area contributed by atoms with Crippen molar-refractivity contribution in [3.63, 3.8) is 0 Å². The molecule has 6 heteroatoms. The Kier molecular flexibility index (Phi) is 4.40. The number of hydrogen-bond acceptors (Lipinski definition) is 6. The summed E-state index contributed by atoms with van der Waals surface area (Å²) in [5.41, 5.74) is 4.94. The molecule has 2 aromatic carbocycles. The molecule has 0 unspecified atom stereocenters. The average Bonchev–Trinajstić information content (AvgIpc) is 2.70. The molecule has 0 radical (unpaired) electrons. The number of benzene rings is 2. The largest absolute Gasteiger partial charge is 0.493 e. The van der Waals surface area contributed by atoms with Gasteiger partial charge < -0.3 is 24.1 Å². The van der Waals surface area contributed by atoms with E-state index in [1.807, 2.05) is 25.2 Å². The van der Waals surface area contributed by atoms with E-state index in [-0.39, 0.29) is 6.04 Å². The van der Waals surface area contributed by atoms with Crippen molar-refractivity contribution in [2.24, 2.45) is 0 Å². The molecular formula is C21H25NO5. The number of rotatable bonds is 4. The second-order valence-electron chi connectivity index (χ2n) is 6.97. The molecule has 4 rings (SSSR count). The lowest BCUT2D eigenvalue weighted by atomic mass is 9.75. The molecule has 2 atom stereocenters. The lowest BCUT2D eigenvalue weighted by Gasteiger charge is -2.43. The van der Waals surface area contributed by atoms with E-state index in [4.69, 9.17) is 18.9 Å². The van der Waals surface area contributed by atoms with Gasteiger partial charge in [0.25, 0.3) is 0 Å². The van der Waals surface area contributed by atoms with E-state index in [1.165, 1.54) is 5.56 Å². The Labute approximate surface area is 159 Å². The molecule has 0 bridgehead atoms. The van der Waals surface area contributed by atoms with E-state index < -0.39 is 6.10 Å². The molecule has 1 aliphatic heterocycles. The van der Waals surface area contributed by atoms with Crippen LogP contribution in [0.15, 0.2) is 18.2 Å². The van der Waals surface area contributed by atoms with Gasteiger partial charge in [0.05, 0.1) is 40.6 Å². The lowest BCUT2D eigenvalue weighted by molar-refractivity contribution is 0.0540. The van der Waals surface area contributed by atoms with E-state index in [0.717, 1.165) is 35.2 Å². The van der Waals surface area contributed by atoms with Gasteiger partial charge in [-0.25, -0.2) is 0 Å². The maximum absolute atomic E-state index is 11.3. The van der Waals surface area contributed by atoms with Crippen LogP contribution in [0.4, 0.5) is 0 Å². The molecule has 1 aliphatic carbocycles. The quantitative estimate of drug-likeness (QED) is 0.892. The predicted octanol–water partition coefficient (Wildman–Crippen LogP) is 2.96. The first-order valence-corrected chi connectivity index (χ1v) is 8.98. The summed E-state index contributed by atoms with van der Waals surface area (Å²) in [6, 6.07) is 5.67. The fourth-order valence-corrected chi connectivity index (χ4v) is 4.46. The molecule has 1 N–H and O–H groups in total. The predicted molar refractivity (Wildman–Crippen MR) is 102 cm³/mol. The summed E-state index contributed by atoms with van der Waals surface area (Å²) in [4.78, 5) is 2.20. The van der Waals surface area contributed by atoms with Crippen LogP contribution in [-0.2, 0) is 6.42 Å². The molecule has 0 aromatic heterocycles. The van der Waals surface area contributed by atoms with Crippen LogP contribution in [-0.4, -0.2) is 52.0 Å². The normalized spacial score (nSPS) is 20.5. The summed E-state index contributed by atoms with van der Waals surface area (Å²) < 4.78 is 22.4. The fourth-order valence-electron chi connectivity index (χ4n) is 4.46. The van der Waals surface area contributed by atoms with Gasteiger partial charge in [0.1, 0.15) is 0 Å². The third-order valence-corrected chi connectivity index (χ3v) is 5.74. The average molecular weight is 371 g/mol. The maximum atomic E-state index is 11.3. The van der Waals surface area contributed by atoms with Crippen LogP contribution in [0, 0.1) is 0 Å². The Morgan fingerprint density at radius 1 is 0.926 bits per heavy atom. The highest BCUT2D eigenvalue weighted by Gasteiger charge is 2.42. The van der Waals surface area contributed by atoms with Crippen molar-refractivity contribution in [3.8, 4) is 34.1 Å². The van der Waals surface area contributed by atoms with E-state index in [0.29, 0.717) is 23.0 Å². The van der Waals surface area contributed by atoms with E-state index in [9.17, 15) is 5.11 Å². The van der Waals surface area contributed by atoms with Crippen molar-refractivity contribution in [3.05, 3.63) is 34.9 Å². The molecule has 0 fully saturated rings. The van der Waals surface area contributed by atoms with E-state index >= 15 is 0 Å². The molecule has 0 saturated carbocycles. The minimum Gasteiger partial charge on any atom is -0.493 e. The first kappa shape index (κ1) is 17.9. The van der Waals surface area contributed by atoms with Gasteiger partial charge in [0.2, 0.25) is 0 Å². The Bertz CT molecular complexity index is 895. The molecule has 144 valence electrons. The third-order valence-electron chi connectivity index (χ3n) is 5.74. The van der Waals surface area contributed by atoms with Crippen molar-refractivity contribution in [1.29, 1.82) is 0 Å². The summed E-state index contributed by atoms with van der Waals surface area (Å²) in [5.74, 6) is 2.59. The lowest BCUT2D eigenvalue weighted by Crippen LogP contribution is -2.38. The molecular weight excluding hydrogens is 346 g/mol. The highest BCUT2D eigenvalue weighted by molar-refractivity contribution is 5.85. The van der Waals surface area contributed by atoms with Crippen molar-refractivity contribution >= 4 is 0 Å². The number of hydrogen-bond donors (Lipinski definition) is 1. The van der Waals surface area contributed by atoms with Crippen LogP contribution in [0.3, 0.4) is 0 Å². The Morgan fingerprint density at radius 2 is 1.59 bits per heavy atom. The van der Waals surface area contributed by atoms with Crippen LogP contribution in [0.2, 0.25) is 0 Å². The third kappa shape index (κ3) is 2.47. The first-order chi connectivity index (χ1) is 13.0. The summed E-state index contributed by atoms with van der Waals surface area (Å²) in [7, 11) is 8.55. The van der Waals surface area contributed by atoms with Gasteiger partial charge in [-0.3, -0.25) is 4.90 Å². The maximum Gasteiger partial charge on any atom is 0.168 e. The summed E-state index contributed by atoms with van der Waals surface area (Å²) >= 11 is 0. The van der Waals surface area contributed by atoms with Gasteiger partial charge in [0, 0.05) is 12.1 Å². The van der Waals surface area contributed by atoms with E-state index in [2.05, 4.69) is 4.90 Å². The van der Waals surface area contributed by atoms with Gasteiger partial charge >= 0.3 is 0 Å². The highest BCUT2D eigenvalue weighted by atomic mass is 16.5. The number of methoxy groups -OCH3 is 4. The van der Waals surface area contributed by atoms with Gasteiger partial charge in [-0.05, 0) is 53.9 Å². The van der Waals surface area contributed by atoms with Gasteiger partial charge in [-0.15, -0.1) is 0 Å². The summed E-state index contributed by atoms with van der Waals surface area (Å²) in [5, 5.41) is 11.3. The highest BCUT2D eigenvalue weighted by Crippen LogP contribution is 2.57. The zero-order valence-corrected chi connectivity index (χ0v) is 16.3. The Balaban J connectivity index is 2.11. The molecule has 0 amide bonds.